The average Bonchev–Trinajstić information content (AvgIpc) is 2.52. The lowest BCUT2D eigenvalue weighted by atomic mass is 10.1. The standard InChI is InChI=1S/C16H16BrNO3/c1-20-14-9-12(17)8-13(15(14)21-2)16(19)18-10-11-6-4-3-5-7-11/h3-9H,10H2,1-2H3,(H,18,19). The fourth-order valence-corrected chi connectivity index (χ4v) is 2.41. The van der Waals surface area contributed by atoms with Crippen LogP contribution in [0.1, 0.15) is 15.9 Å². The molecule has 0 radical (unpaired) electrons. The van der Waals surface area contributed by atoms with Gasteiger partial charge in [-0.1, -0.05) is 46.3 Å². The van der Waals surface area contributed by atoms with Gasteiger partial charge in [0.05, 0.1) is 19.8 Å². The van der Waals surface area contributed by atoms with Crippen molar-refractivity contribution >= 4 is 21.8 Å². The predicted octanol–water partition coefficient (Wildman–Crippen LogP) is 3.40. The Hall–Kier alpha value is -2.01. The largest absolute Gasteiger partial charge is 0.493 e. The van der Waals surface area contributed by atoms with Gasteiger partial charge >= 0.3 is 0 Å². The van der Waals surface area contributed by atoms with E-state index in [0.29, 0.717) is 23.6 Å². The molecular formula is C16H16BrNO3. The van der Waals surface area contributed by atoms with Gasteiger partial charge in [0.2, 0.25) is 0 Å². The highest BCUT2D eigenvalue weighted by atomic mass is 79.9. The van der Waals surface area contributed by atoms with Crippen LogP contribution in [-0.4, -0.2) is 20.1 Å². The molecule has 0 heterocycles. The molecule has 1 N–H and O–H groups in total. The van der Waals surface area contributed by atoms with Crippen LogP contribution >= 0.6 is 15.9 Å². The number of halogens is 1. The normalized spacial score (nSPS) is 10.0. The monoisotopic (exact) mass is 349 g/mol. The highest BCUT2D eigenvalue weighted by molar-refractivity contribution is 9.10. The van der Waals surface area contributed by atoms with Crippen LogP contribution in [-0.2, 0) is 6.54 Å². The summed E-state index contributed by atoms with van der Waals surface area (Å²) in [6.07, 6.45) is 0. The molecule has 4 nitrogen and oxygen atoms in total. The molecule has 110 valence electrons. The van der Waals surface area contributed by atoms with Crippen molar-refractivity contribution < 1.29 is 14.3 Å². The van der Waals surface area contributed by atoms with Crippen molar-refractivity contribution in [3.8, 4) is 11.5 Å². The van der Waals surface area contributed by atoms with Gasteiger partial charge in [0.1, 0.15) is 0 Å². The number of amides is 1. The predicted molar refractivity (Wildman–Crippen MR) is 84.9 cm³/mol. The Morgan fingerprint density at radius 3 is 2.48 bits per heavy atom. The van der Waals surface area contributed by atoms with Crippen molar-refractivity contribution in [2.45, 2.75) is 6.54 Å². The second kappa shape index (κ2) is 7.13. The molecule has 2 rings (SSSR count). The van der Waals surface area contributed by atoms with Crippen LogP contribution in [0.2, 0.25) is 0 Å². The Labute approximate surface area is 132 Å². The number of hydrogen-bond donors (Lipinski definition) is 1. The second-order valence-corrected chi connectivity index (χ2v) is 5.27. The maximum atomic E-state index is 12.4. The van der Waals surface area contributed by atoms with Gasteiger partial charge in [-0.05, 0) is 17.7 Å². The summed E-state index contributed by atoms with van der Waals surface area (Å²) in [5.74, 6) is 0.721. The van der Waals surface area contributed by atoms with E-state index in [2.05, 4.69) is 21.2 Å². The molecule has 2 aromatic carbocycles. The maximum absolute atomic E-state index is 12.4. The maximum Gasteiger partial charge on any atom is 0.255 e. The number of nitrogens with one attached hydrogen (secondary N) is 1. The van der Waals surface area contributed by atoms with Crippen molar-refractivity contribution in [3.05, 3.63) is 58.1 Å². The number of carbonyl (C=O) groups is 1. The van der Waals surface area contributed by atoms with Gasteiger partial charge in [-0.15, -0.1) is 0 Å². The van der Waals surface area contributed by atoms with Gasteiger partial charge in [-0.2, -0.15) is 0 Å². The van der Waals surface area contributed by atoms with Crippen molar-refractivity contribution in [3.63, 3.8) is 0 Å². The minimum atomic E-state index is -0.213. The Balaban J connectivity index is 2.20. The summed E-state index contributed by atoms with van der Waals surface area (Å²) in [6.45, 7) is 0.456. The Morgan fingerprint density at radius 2 is 1.86 bits per heavy atom. The van der Waals surface area contributed by atoms with Gasteiger partial charge in [0.15, 0.2) is 11.5 Å². The SMILES string of the molecule is COc1cc(Br)cc(C(=O)NCc2ccccc2)c1OC. The van der Waals surface area contributed by atoms with E-state index in [-0.39, 0.29) is 5.91 Å². The topological polar surface area (TPSA) is 47.6 Å². The zero-order valence-corrected chi connectivity index (χ0v) is 13.4. The number of rotatable bonds is 5. The van der Waals surface area contributed by atoms with E-state index >= 15 is 0 Å². The van der Waals surface area contributed by atoms with Crippen molar-refractivity contribution in [1.29, 1.82) is 0 Å². The lowest BCUT2D eigenvalue weighted by Gasteiger charge is -2.13. The summed E-state index contributed by atoms with van der Waals surface area (Å²) in [5.41, 5.74) is 1.46. The van der Waals surface area contributed by atoms with Gasteiger partial charge in [0, 0.05) is 11.0 Å². The Kier molecular flexibility index (Phi) is 5.22. The molecule has 0 unspecified atom stereocenters. The first-order valence-electron chi connectivity index (χ1n) is 6.39. The first-order chi connectivity index (χ1) is 10.2. The van der Waals surface area contributed by atoms with Crippen LogP contribution in [0.3, 0.4) is 0 Å². The molecule has 0 bridgehead atoms. The minimum absolute atomic E-state index is 0.213. The summed E-state index contributed by atoms with van der Waals surface area (Å²) in [6, 6.07) is 13.2. The summed E-state index contributed by atoms with van der Waals surface area (Å²) >= 11 is 3.37. The molecule has 0 spiro atoms. The van der Waals surface area contributed by atoms with E-state index in [0.717, 1.165) is 10.0 Å². The highest BCUT2D eigenvalue weighted by Gasteiger charge is 2.17. The van der Waals surface area contributed by atoms with Crippen LogP contribution in [0.15, 0.2) is 46.9 Å². The number of ether oxygens (including phenoxy) is 2. The molecule has 2 aromatic rings. The van der Waals surface area contributed by atoms with Crippen molar-refractivity contribution in [1.82, 2.24) is 5.32 Å². The smallest absolute Gasteiger partial charge is 0.255 e. The van der Waals surface area contributed by atoms with Crippen LogP contribution in [0.5, 0.6) is 11.5 Å². The summed E-state index contributed by atoms with van der Waals surface area (Å²) in [5, 5.41) is 2.87. The lowest BCUT2D eigenvalue weighted by molar-refractivity contribution is 0.0947. The molecule has 0 fully saturated rings. The summed E-state index contributed by atoms with van der Waals surface area (Å²) in [7, 11) is 3.05. The number of carbonyl (C=O) groups excluding carboxylic acids is 1. The fraction of sp³-hybridized carbons (Fsp3) is 0.188. The van der Waals surface area contributed by atoms with Gasteiger partial charge in [-0.25, -0.2) is 0 Å². The van der Waals surface area contributed by atoms with E-state index in [1.54, 1.807) is 12.1 Å². The molecule has 0 aromatic heterocycles. The molecule has 0 aliphatic heterocycles. The zero-order valence-electron chi connectivity index (χ0n) is 11.9. The van der Waals surface area contributed by atoms with Crippen LogP contribution in [0.4, 0.5) is 0 Å². The van der Waals surface area contributed by atoms with E-state index in [1.165, 1.54) is 14.2 Å². The third kappa shape index (κ3) is 3.76. The minimum Gasteiger partial charge on any atom is -0.493 e. The molecular weight excluding hydrogens is 334 g/mol. The van der Waals surface area contributed by atoms with E-state index in [9.17, 15) is 4.79 Å². The number of methoxy groups -OCH3 is 2. The molecule has 0 aliphatic rings. The molecule has 0 atom stereocenters. The van der Waals surface area contributed by atoms with Crippen molar-refractivity contribution in [2.75, 3.05) is 14.2 Å². The Bertz CT molecular complexity index is 629. The van der Waals surface area contributed by atoms with E-state index in [4.69, 9.17) is 9.47 Å². The number of benzene rings is 2. The van der Waals surface area contributed by atoms with Gasteiger partial charge in [0.25, 0.3) is 5.91 Å². The third-order valence-corrected chi connectivity index (χ3v) is 3.44. The zero-order chi connectivity index (χ0) is 15.2. The van der Waals surface area contributed by atoms with E-state index in [1.807, 2.05) is 30.3 Å². The molecule has 1 amide bonds. The quantitative estimate of drug-likeness (QED) is 0.899. The molecule has 0 saturated heterocycles. The number of hydrogen-bond acceptors (Lipinski definition) is 3. The molecule has 0 saturated carbocycles. The van der Waals surface area contributed by atoms with Gasteiger partial charge in [-0.3, -0.25) is 4.79 Å². The fourth-order valence-electron chi connectivity index (χ4n) is 1.97. The Morgan fingerprint density at radius 1 is 1.14 bits per heavy atom. The first-order valence-corrected chi connectivity index (χ1v) is 7.18. The molecule has 0 aliphatic carbocycles. The molecule has 5 heteroatoms. The van der Waals surface area contributed by atoms with Crippen LogP contribution in [0, 0.1) is 0 Å². The average molecular weight is 350 g/mol. The summed E-state index contributed by atoms with van der Waals surface area (Å²) in [4.78, 5) is 12.4. The van der Waals surface area contributed by atoms with Crippen LogP contribution < -0.4 is 14.8 Å². The lowest BCUT2D eigenvalue weighted by Crippen LogP contribution is -2.23. The third-order valence-electron chi connectivity index (χ3n) is 2.98. The highest BCUT2D eigenvalue weighted by Crippen LogP contribution is 2.34. The van der Waals surface area contributed by atoms with Gasteiger partial charge < -0.3 is 14.8 Å². The molecule has 21 heavy (non-hydrogen) atoms. The van der Waals surface area contributed by atoms with Crippen LogP contribution in [0.25, 0.3) is 0 Å². The van der Waals surface area contributed by atoms with E-state index < -0.39 is 0 Å². The van der Waals surface area contributed by atoms with Crippen molar-refractivity contribution in [2.24, 2.45) is 0 Å². The summed E-state index contributed by atoms with van der Waals surface area (Å²) < 4.78 is 11.3. The second-order valence-electron chi connectivity index (χ2n) is 4.36. The first kappa shape index (κ1) is 15.4.